The van der Waals surface area contributed by atoms with Gasteiger partial charge < -0.3 is 4.42 Å². The minimum atomic E-state index is 0.578. The molecule has 5 heteroatoms. The van der Waals surface area contributed by atoms with Gasteiger partial charge in [-0.15, -0.1) is 0 Å². The number of para-hydroxylation sites is 2. The third-order valence-electron chi connectivity index (χ3n) is 9.01. The van der Waals surface area contributed by atoms with E-state index in [0.717, 1.165) is 65.6 Å². The van der Waals surface area contributed by atoms with E-state index in [1.165, 1.54) is 10.8 Å². The lowest BCUT2D eigenvalue weighted by Crippen LogP contribution is -2.06. The van der Waals surface area contributed by atoms with Crippen molar-refractivity contribution in [2.24, 2.45) is 0 Å². The summed E-state index contributed by atoms with van der Waals surface area (Å²) < 4.78 is 8.46. The van der Waals surface area contributed by atoms with Crippen LogP contribution in [0.1, 0.15) is 0 Å². The second-order valence-electron chi connectivity index (χ2n) is 11.7. The summed E-state index contributed by atoms with van der Waals surface area (Å²) in [6.07, 6.45) is 0. The molecular formula is C41H24N4O. The van der Waals surface area contributed by atoms with Gasteiger partial charge in [0.1, 0.15) is 11.2 Å². The molecule has 0 saturated heterocycles. The van der Waals surface area contributed by atoms with Crippen LogP contribution in [0.2, 0.25) is 0 Å². The lowest BCUT2D eigenvalue weighted by atomic mass is 10.0. The quantitative estimate of drug-likeness (QED) is 0.206. The van der Waals surface area contributed by atoms with Crippen LogP contribution < -0.4 is 0 Å². The maximum absolute atomic E-state index is 6.31. The van der Waals surface area contributed by atoms with E-state index in [9.17, 15) is 0 Å². The van der Waals surface area contributed by atoms with Crippen molar-refractivity contribution in [3.05, 3.63) is 146 Å². The molecule has 0 saturated carbocycles. The normalized spacial score (nSPS) is 11.9. The summed E-state index contributed by atoms with van der Waals surface area (Å²) in [7, 11) is 0. The van der Waals surface area contributed by atoms with Crippen molar-refractivity contribution < 1.29 is 4.42 Å². The SMILES string of the molecule is c1ccc2cc(-c3nc(-c4ccc5oc6cc7ccccc7cc6c5c4)nc(-n4c5ccccc5c5ccccc54)n3)ccc2c1. The maximum atomic E-state index is 6.31. The Morgan fingerprint density at radius 3 is 1.65 bits per heavy atom. The van der Waals surface area contributed by atoms with E-state index in [2.05, 4.69) is 138 Å². The van der Waals surface area contributed by atoms with Crippen molar-refractivity contribution in [1.29, 1.82) is 0 Å². The summed E-state index contributed by atoms with van der Waals surface area (Å²) in [5.41, 5.74) is 5.63. The number of fused-ring (bicyclic) bond motifs is 8. The molecule has 0 spiro atoms. The van der Waals surface area contributed by atoms with E-state index < -0.39 is 0 Å². The summed E-state index contributed by atoms with van der Waals surface area (Å²) in [5.74, 6) is 1.80. The van der Waals surface area contributed by atoms with E-state index >= 15 is 0 Å². The molecule has 214 valence electrons. The molecular weight excluding hydrogens is 564 g/mol. The van der Waals surface area contributed by atoms with Crippen molar-refractivity contribution >= 4 is 65.3 Å². The highest BCUT2D eigenvalue weighted by molar-refractivity contribution is 6.11. The Labute approximate surface area is 263 Å². The molecule has 0 aliphatic carbocycles. The molecule has 0 amide bonds. The van der Waals surface area contributed by atoms with Crippen LogP contribution in [0.25, 0.3) is 94.0 Å². The molecule has 0 unspecified atom stereocenters. The molecule has 7 aromatic carbocycles. The van der Waals surface area contributed by atoms with Crippen molar-refractivity contribution in [1.82, 2.24) is 19.5 Å². The molecule has 5 nitrogen and oxygen atoms in total. The van der Waals surface area contributed by atoms with E-state index in [1.54, 1.807) is 0 Å². The highest BCUT2D eigenvalue weighted by Crippen LogP contribution is 2.36. The van der Waals surface area contributed by atoms with Crippen molar-refractivity contribution in [2.75, 3.05) is 0 Å². The van der Waals surface area contributed by atoms with Crippen molar-refractivity contribution in [3.8, 4) is 28.7 Å². The molecule has 46 heavy (non-hydrogen) atoms. The third kappa shape index (κ3) is 3.79. The van der Waals surface area contributed by atoms with Gasteiger partial charge in [-0.25, -0.2) is 4.98 Å². The number of aromatic nitrogens is 4. The van der Waals surface area contributed by atoms with Gasteiger partial charge >= 0.3 is 0 Å². The maximum Gasteiger partial charge on any atom is 0.238 e. The van der Waals surface area contributed by atoms with Crippen LogP contribution in [-0.2, 0) is 0 Å². The number of furan rings is 1. The molecule has 3 aromatic heterocycles. The monoisotopic (exact) mass is 588 g/mol. The van der Waals surface area contributed by atoms with Crippen molar-refractivity contribution in [2.45, 2.75) is 0 Å². The van der Waals surface area contributed by atoms with Gasteiger partial charge in [0.05, 0.1) is 11.0 Å². The van der Waals surface area contributed by atoms with Gasteiger partial charge in [0.15, 0.2) is 11.6 Å². The van der Waals surface area contributed by atoms with E-state index in [1.807, 2.05) is 12.1 Å². The number of nitrogens with zero attached hydrogens (tertiary/aromatic N) is 4. The lowest BCUT2D eigenvalue weighted by Gasteiger charge is -2.11. The van der Waals surface area contributed by atoms with Crippen LogP contribution in [0.15, 0.2) is 150 Å². The van der Waals surface area contributed by atoms with Gasteiger partial charge in [-0.3, -0.25) is 4.57 Å². The smallest absolute Gasteiger partial charge is 0.238 e. The van der Waals surface area contributed by atoms with Gasteiger partial charge in [-0.2, -0.15) is 9.97 Å². The first-order valence-corrected chi connectivity index (χ1v) is 15.4. The Balaban J connectivity index is 1.25. The first kappa shape index (κ1) is 25.0. The highest BCUT2D eigenvalue weighted by atomic mass is 16.3. The average Bonchev–Trinajstić information content (AvgIpc) is 3.65. The minimum Gasteiger partial charge on any atom is -0.456 e. The minimum absolute atomic E-state index is 0.578. The van der Waals surface area contributed by atoms with E-state index in [0.29, 0.717) is 17.6 Å². The van der Waals surface area contributed by atoms with E-state index in [-0.39, 0.29) is 0 Å². The van der Waals surface area contributed by atoms with Crippen LogP contribution >= 0.6 is 0 Å². The Bertz CT molecular complexity index is 2770. The molecule has 0 N–H and O–H groups in total. The molecule has 3 heterocycles. The fraction of sp³-hybridized carbons (Fsp3) is 0. The number of hydrogen-bond acceptors (Lipinski definition) is 4. The lowest BCUT2D eigenvalue weighted by molar-refractivity contribution is 0.669. The van der Waals surface area contributed by atoms with Crippen LogP contribution in [0.4, 0.5) is 0 Å². The fourth-order valence-corrected chi connectivity index (χ4v) is 6.79. The Morgan fingerprint density at radius 1 is 0.391 bits per heavy atom. The predicted octanol–water partition coefficient (Wildman–Crippen LogP) is 10.5. The summed E-state index contributed by atoms with van der Waals surface area (Å²) in [4.78, 5) is 15.4. The predicted molar refractivity (Wildman–Crippen MR) is 187 cm³/mol. The van der Waals surface area contributed by atoms with Crippen LogP contribution in [0, 0.1) is 0 Å². The molecule has 0 aliphatic heterocycles. The molecule has 10 rings (SSSR count). The van der Waals surface area contributed by atoms with Gasteiger partial charge in [-0.05, 0) is 70.1 Å². The second kappa shape index (κ2) is 9.58. The molecule has 10 aromatic rings. The average molecular weight is 589 g/mol. The molecule has 0 aliphatic rings. The largest absolute Gasteiger partial charge is 0.456 e. The Kier molecular flexibility index (Phi) is 5.22. The topological polar surface area (TPSA) is 56.7 Å². The van der Waals surface area contributed by atoms with Crippen molar-refractivity contribution in [3.63, 3.8) is 0 Å². The number of rotatable bonds is 3. The van der Waals surface area contributed by atoms with Crippen LogP contribution in [0.5, 0.6) is 0 Å². The fourth-order valence-electron chi connectivity index (χ4n) is 6.79. The van der Waals surface area contributed by atoms with E-state index in [4.69, 9.17) is 19.4 Å². The van der Waals surface area contributed by atoms with Gasteiger partial charge in [0.2, 0.25) is 5.95 Å². The molecule has 0 fully saturated rings. The number of hydrogen-bond donors (Lipinski definition) is 0. The first-order valence-electron chi connectivity index (χ1n) is 15.4. The Morgan fingerprint density at radius 2 is 0.935 bits per heavy atom. The van der Waals surface area contributed by atoms with Crippen LogP contribution in [0.3, 0.4) is 0 Å². The zero-order valence-electron chi connectivity index (χ0n) is 24.6. The summed E-state index contributed by atoms with van der Waals surface area (Å²) in [5, 5.41) is 9.06. The summed E-state index contributed by atoms with van der Waals surface area (Å²) in [6, 6.07) is 50.5. The molecule has 0 radical (unpaired) electrons. The Hall–Kier alpha value is -6.33. The number of benzene rings is 7. The summed E-state index contributed by atoms with van der Waals surface area (Å²) >= 11 is 0. The molecule has 0 atom stereocenters. The first-order chi connectivity index (χ1) is 22.8. The van der Waals surface area contributed by atoms with Gasteiger partial charge in [0, 0.05) is 32.7 Å². The third-order valence-corrected chi connectivity index (χ3v) is 9.01. The zero-order valence-corrected chi connectivity index (χ0v) is 24.6. The standard InChI is InChI=1S/C41H24N4O/c1-2-10-26-21-29(18-17-25(26)9-1)39-42-40(44-41(43-39)45-35-15-7-5-13-31(35)32-14-6-8-16-36(32)45)30-19-20-37-33(23-30)34-22-27-11-3-4-12-28(27)24-38(34)46-37/h1-24H. The molecule has 0 bridgehead atoms. The van der Waals surface area contributed by atoms with Gasteiger partial charge in [0.25, 0.3) is 0 Å². The van der Waals surface area contributed by atoms with Gasteiger partial charge in [-0.1, -0.05) is 97.1 Å². The second-order valence-corrected chi connectivity index (χ2v) is 11.7. The van der Waals surface area contributed by atoms with Crippen LogP contribution in [-0.4, -0.2) is 19.5 Å². The zero-order chi connectivity index (χ0) is 30.2. The summed E-state index contributed by atoms with van der Waals surface area (Å²) in [6.45, 7) is 0. The highest BCUT2D eigenvalue weighted by Gasteiger charge is 2.18.